The number of benzene rings is 2. The third kappa shape index (κ3) is 5.11. The van der Waals surface area contributed by atoms with Gasteiger partial charge >= 0.3 is 0 Å². The summed E-state index contributed by atoms with van der Waals surface area (Å²) in [5.41, 5.74) is 2.99. The summed E-state index contributed by atoms with van der Waals surface area (Å²) < 4.78 is 45.2. The Morgan fingerprint density at radius 3 is 2.56 bits per heavy atom. The van der Waals surface area contributed by atoms with Gasteiger partial charge in [0.25, 0.3) is 0 Å². The summed E-state index contributed by atoms with van der Waals surface area (Å²) in [5, 5.41) is 0. The highest BCUT2D eigenvalue weighted by atomic mass is 32.2. The molecule has 3 aromatic rings. The number of rotatable bonds is 7. The van der Waals surface area contributed by atoms with Crippen LogP contribution in [-0.2, 0) is 29.5 Å². The number of piperazine rings is 1. The Hall–Kier alpha value is -2.49. The molecule has 2 saturated heterocycles. The smallest absolute Gasteiger partial charge is 0.165 e. The number of methoxy groups -OCH3 is 1. The highest BCUT2D eigenvalue weighted by molar-refractivity contribution is 7.91. The lowest BCUT2D eigenvalue weighted by atomic mass is 10.1. The van der Waals surface area contributed by atoms with Crippen LogP contribution in [-0.4, -0.2) is 72.6 Å². The zero-order valence-corrected chi connectivity index (χ0v) is 20.3. The Balaban J connectivity index is 1.25. The summed E-state index contributed by atoms with van der Waals surface area (Å²) in [5.74, 6) is 1.61. The fraction of sp³-hybridized carbons (Fsp3) is 0.480. The molecule has 1 atom stereocenters. The molecule has 1 unspecified atom stereocenters. The predicted octanol–water partition coefficient (Wildman–Crippen LogP) is 2.94. The topological polar surface area (TPSA) is 67.7 Å². The lowest BCUT2D eigenvalue weighted by Gasteiger charge is -2.35. The Kier molecular flexibility index (Phi) is 6.59. The number of sulfone groups is 1. The minimum absolute atomic E-state index is 0.141. The van der Waals surface area contributed by atoms with Gasteiger partial charge in [-0.25, -0.2) is 17.8 Å². The van der Waals surface area contributed by atoms with Gasteiger partial charge in [-0.05, 0) is 42.2 Å². The van der Waals surface area contributed by atoms with E-state index in [1.807, 2.05) is 24.3 Å². The molecule has 9 heteroatoms. The molecule has 0 spiro atoms. The van der Waals surface area contributed by atoms with E-state index < -0.39 is 9.84 Å². The minimum Gasteiger partial charge on any atom is -0.494 e. The Morgan fingerprint density at radius 1 is 1.09 bits per heavy atom. The van der Waals surface area contributed by atoms with Crippen LogP contribution in [0.15, 0.2) is 42.5 Å². The highest BCUT2D eigenvalue weighted by Gasteiger charge is 2.30. The van der Waals surface area contributed by atoms with E-state index in [0.29, 0.717) is 13.0 Å². The number of halogens is 1. The first-order chi connectivity index (χ1) is 16.4. The van der Waals surface area contributed by atoms with Gasteiger partial charge in [-0.3, -0.25) is 9.80 Å². The molecule has 0 saturated carbocycles. The van der Waals surface area contributed by atoms with Gasteiger partial charge in [0, 0.05) is 39.1 Å². The van der Waals surface area contributed by atoms with E-state index in [0.717, 1.165) is 61.7 Å². The number of nitrogens with zero attached hydrogens (tertiary/aromatic N) is 4. The maximum atomic E-state index is 14.0. The number of aromatic nitrogens is 2. The quantitative estimate of drug-likeness (QED) is 0.512. The zero-order valence-electron chi connectivity index (χ0n) is 19.5. The number of hydrogen-bond donors (Lipinski definition) is 0. The third-order valence-electron chi connectivity index (χ3n) is 6.96. The number of hydrogen-bond acceptors (Lipinski definition) is 6. The van der Waals surface area contributed by atoms with Crippen molar-refractivity contribution in [2.24, 2.45) is 5.92 Å². The Morgan fingerprint density at radius 2 is 1.85 bits per heavy atom. The molecule has 0 radical (unpaired) electrons. The maximum absolute atomic E-state index is 14.0. The van der Waals surface area contributed by atoms with E-state index in [1.54, 1.807) is 12.1 Å². The van der Waals surface area contributed by atoms with Gasteiger partial charge in [0.15, 0.2) is 21.4 Å². The number of fused-ring (bicyclic) bond motifs is 1. The summed E-state index contributed by atoms with van der Waals surface area (Å²) in [6.07, 6.45) is 1.41. The van der Waals surface area contributed by atoms with Crippen molar-refractivity contribution in [2.75, 3.05) is 44.8 Å². The van der Waals surface area contributed by atoms with Crippen LogP contribution >= 0.6 is 0 Å². The van der Waals surface area contributed by atoms with E-state index in [2.05, 4.69) is 20.4 Å². The molecule has 2 aliphatic rings. The number of imidazole rings is 1. The second kappa shape index (κ2) is 9.64. The molecule has 0 N–H and O–H groups in total. The van der Waals surface area contributed by atoms with Crippen molar-refractivity contribution < 1.29 is 17.5 Å². The van der Waals surface area contributed by atoms with E-state index in [1.165, 1.54) is 7.11 Å². The maximum Gasteiger partial charge on any atom is 0.165 e. The number of ether oxygens (including phenoxy) is 1. The van der Waals surface area contributed by atoms with Crippen molar-refractivity contribution in [1.29, 1.82) is 0 Å². The second-order valence-corrected chi connectivity index (χ2v) is 11.7. The van der Waals surface area contributed by atoms with Gasteiger partial charge in [0.1, 0.15) is 5.82 Å². The summed E-state index contributed by atoms with van der Waals surface area (Å²) in [4.78, 5) is 9.62. The van der Waals surface area contributed by atoms with Gasteiger partial charge in [-0.2, -0.15) is 0 Å². The standard InChI is InChI=1S/C25H31FN4O3S/c1-33-24-7-6-19(14-21(24)26)16-28-9-11-29(12-10-28)18-30-23-5-3-2-4-22(23)27-25(30)15-20-8-13-34(31,32)17-20/h2-7,14,20H,8-13,15-18H2,1H3. The average Bonchev–Trinajstić information content (AvgIpc) is 3.34. The van der Waals surface area contributed by atoms with Crippen LogP contribution < -0.4 is 4.74 Å². The highest BCUT2D eigenvalue weighted by Crippen LogP contribution is 2.25. The van der Waals surface area contributed by atoms with Crippen molar-refractivity contribution in [3.8, 4) is 5.75 Å². The minimum atomic E-state index is -2.91. The molecular formula is C25H31FN4O3S. The molecule has 5 rings (SSSR count). The largest absolute Gasteiger partial charge is 0.494 e. The average molecular weight is 487 g/mol. The van der Waals surface area contributed by atoms with Gasteiger partial charge in [0.05, 0.1) is 36.3 Å². The first kappa shape index (κ1) is 23.3. The molecule has 0 bridgehead atoms. The molecule has 34 heavy (non-hydrogen) atoms. The molecule has 182 valence electrons. The van der Waals surface area contributed by atoms with Gasteiger partial charge in [-0.1, -0.05) is 18.2 Å². The van der Waals surface area contributed by atoms with Crippen LogP contribution in [0.3, 0.4) is 0 Å². The van der Waals surface area contributed by atoms with Crippen LogP contribution in [0.5, 0.6) is 5.75 Å². The van der Waals surface area contributed by atoms with Crippen molar-refractivity contribution in [1.82, 2.24) is 19.4 Å². The van der Waals surface area contributed by atoms with Gasteiger partial charge in [0.2, 0.25) is 0 Å². The fourth-order valence-corrected chi connectivity index (χ4v) is 6.95. The van der Waals surface area contributed by atoms with Gasteiger partial charge in [-0.15, -0.1) is 0 Å². The third-order valence-corrected chi connectivity index (χ3v) is 8.80. The van der Waals surface area contributed by atoms with Crippen molar-refractivity contribution in [3.05, 3.63) is 59.7 Å². The van der Waals surface area contributed by atoms with E-state index in [4.69, 9.17) is 9.72 Å². The number of para-hydroxylation sites is 2. The predicted molar refractivity (Wildman–Crippen MR) is 130 cm³/mol. The molecule has 2 fully saturated rings. The molecule has 0 aliphatic carbocycles. The van der Waals surface area contributed by atoms with Crippen LogP contribution in [0.1, 0.15) is 17.8 Å². The molecule has 1 aromatic heterocycles. The van der Waals surface area contributed by atoms with Crippen molar-refractivity contribution >= 4 is 20.9 Å². The molecular weight excluding hydrogens is 455 g/mol. The van der Waals surface area contributed by atoms with Crippen molar-refractivity contribution in [2.45, 2.75) is 26.1 Å². The van der Waals surface area contributed by atoms with Crippen molar-refractivity contribution in [3.63, 3.8) is 0 Å². The summed E-state index contributed by atoms with van der Waals surface area (Å²) in [7, 11) is -1.43. The lowest BCUT2D eigenvalue weighted by Crippen LogP contribution is -2.46. The Bertz CT molecular complexity index is 1270. The second-order valence-electron chi connectivity index (χ2n) is 9.42. The molecule has 0 amide bonds. The van der Waals surface area contributed by atoms with E-state index in [9.17, 15) is 12.8 Å². The SMILES string of the molecule is COc1ccc(CN2CCN(Cn3c(CC4CCS(=O)(=O)C4)nc4ccccc43)CC2)cc1F. The molecule has 2 aromatic carbocycles. The normalized spacial score (nSPS) is 21.3. The Labute approximate surface area is 200 Å². The molecule has 7 nitrogen and oxygen atoms in total. The van der Waals surface area contributed by atoms with E-state index in [-0.39, 0.29) is 29.0 Å². The van der Waals surface area contributed by atoms with Crippen LogP contribution in [0, 0.1) is 11.7 Å². The van der Waals surface area contributed by atoms with E-state index >= 15 is 0 Å². The first-order valence-corrected chi connectivity index (χ1v) is 13.6. The molecule has 2 aliphatic heterocycles. The van der Waals surface area contributed by atoms with Crippen LogP contribution in [0.2, 0.25) is 0 Å². The van der Waals surface area contributed by atoms with Crippen LogP contribution in [0.25, 0.3) is 11.0 Å². The molecule has 3 heterocycles. The summed E-state index contributed by atoms with van der Waals surface area (Å²) in [6, 6.07) is 13.3. The summed E-state index contributed by atoms with van der Waals surface area (Å²) in [6.45, 7) is 5.06. The lowest BCUT2D eigenvalue weighted by molar-refractivity contribution is 0.103. The zero-order chi connectivity index (χ0) is 23.7. The fourth-order valence-electron chi connectivity index (χ4n) is 5.09. The first-order valence-electron chi connectivity index (χ1n) is 11.8. The van der Waals surface area contributed by atoms with Gasteiger partial charge < -0.3 is 9.30 Å². The van der Waals surface area contributed by atoms with Crippen LogP contribution in [0.4, 0.5) is 4.39 Å². The summed E-state index contributed by atoms with van der Waals surface area (Å²) >= 11 is 0. The monoisotopic (exact) mass is 486 g/mol.